The Kier molecular flexibility index (Phi) is 15.1. The lowest BCUT2D eigenvalue weighted by Gasteiger charge is -2.06. The number of carbonyl (C=O) groups is 2. The largest absolute Gasteiger partial charge is 0.427 e. The van der Waals surface area contributed by atoms with Crippen LogP contribution in [0.1, 0.15) is 126 Å². The third kappa shape index (κ3) is 12.9. The van der Waals surface area contributed by atoms with Gasteiger partial charge in [0.05, 0.1) is 0 Å². The Morgan fingerprint density at radius 1 is 0.600 bits per heavy atom. The van der Waals surface area contributed by atoms with Gasteiger partial charge in [-0.25, -0.2) is 0 Å². The van der Waals surface area contributed by atoms with Gasteiger partial charge in [-0.3, -0.25) is 9.59 Å². The number of esters is 1. The highest BCUT2D eigenvalue weighted by Crippen LogP contribution is 2.18. The third-order valence-corrected chi connectivity index (χ3v) is 6.69. The second-order valence-electron chi connectivity index (χ2n) is 9.53. The van der Waals surface area contributed by atoms with Crippen LogP contribution in [0.2, 0.25) is 5.02 Å². The quantitative estimate of drug-likeness (QED) is 0.0837. The molecule has 0 aromatic heterocycles. The van der Waals surface area contributed by atoms with Crippen molar-refractivity contribution in [2.24, 2.45) is 0 Å². The highest BCUT2D eigenvalue weighted by atomic mass is 35.5. The van der Waals surface area contributed by atoms with E-state index in [4.69, 9.17) is 16.3 Å². The second-order valence-corrected chi connectivity index (χ2v) is 9.97. The average molecular weight is 499 g/mol. The first-order valence-corrected chi connectivity index (χ1v) is 14.1. The van der Waals surface area contributed by atoms with Crippen molar-refractivity contribution in [3.8, 4) is 5.75 Å². The molecule has 2 aromatic rings. The van der Waals surface area contributed by atoms with Gasteiger partial charge in [0.1, 0.15) is 5.75 Å². The van der Waals surface area contributed by atoms with Crippen LogP contribution in [0.4, 0.5) is 0 Å². The van der Waals surface area contributed by atoms with Gasteiger partial charge in [0, 0.05) is 22.6 Å². The summed E-state index contributed by atoms with van der Waals surface area (Å²) in [6.07, 6.45) is 20.0. The first-order chi connectivity index (χ1) is 17.1. The van der Waals surface area contributed by atoms with E-state index in [-0.39, 0.29) is 11.8 Å². The molecule has 35 heavy (non-hydrogen) atoms. The van der Waals surface area contributed by atoms with E-state index in [1.807, 2.05) is 0 Å². The molecule has 0 fully saturated rings. The Bertz CT molecular complexity index is 843. The van der Waals surface area contributed by atoms with Crippen LogP contribution in [-0.2, 0) is 4.79 Å². The minimum absolute atomic E-state index is 0.0858. The number of carbonyl (C=O) groups excluding carboxylic acids is 2. The lowest BCUT2D eigenvalue weighted by molar-refractivity contribution is -0.134. The molecule has 0 atom stereocenters. The van der Waals surface area contributed by atoms with Gasteiger partial charge in [0.2, 0.25) is 0 Å². The van der Waals surface area contributed by atoms with Crippen molar-refractivity contribution < 1.29 is 14.3 Å². The van der Waals surface area contributed by atoms with Gasteiger partial charge in [0.25, 0.3) is 0 Å². The molecule has 0 bridgehead atoms. The lowest BCUT2D eigenvalue weighted by Crippen LogP contribution is -2.08. The normalized spacial score (nSPS) is 10.9. The van der Waals surface area contributed by atoms with Crippen molar-refractivity contribution in [2.45, 2.75) is 110 Å². The standard InChI is InChI=1S/C31H43ClO3/c1-2-3-4-5-6-7-8-9-10-11-12-13-14-15-16-17-30(33)35-29-24-20-27(21-25-29)31(34)26-18-22-28(32)23-19-26/h18-25H,2-17H2,1H3. The molecule has 0 aliphatic carbocycles. The van der Waals surface area contributed by atoms with Gasteiger partial charge in [-0.05, 0) is 55.0 Å². The third-order valence-electron chi connectivity index (χ3n) is 6.44. The molecule has 0 saturated heterocycles. The van der Waals surface area contributed by atoms with E-state index >= 15 is 0 Å². The minimum atomic E-state index is -0.212. The molecule has 0 amide bonds. The molecule has 4 heteroatoms. The lowest BCUT2D eigenvalue weighted by atomic mass is 10.0. The van der Waals surface area contributed by atoms with Crippen LogP contribution in [0, 0.1) is 0 Å². The first kappa shape index (κ1) is 29.1. The summed E-state index contributed by atoms with van der Waals surface area (Å²) < 4.78 is 5.42. The Morgan fingerprint density at radius 3 is 1.46 bits per heavy atom. The van der Waals surface area contributed by atoms with Crippen molar-refractivity contribution in [3.05, 3.63) is 64.7 Å². The summed E-state index contributed by atoms with van der Waals surface area (Å²) >= 11 is 5.88. The number of ketones is 1. The molecular formula is C31H43ClO3. The zero-order chi connectivity index (χ0) is 25.1. The number of hydrogen-bond donors (Lipinski definition) is 0. The highest BCUT2D eigenvalue weighted by Gasteiger charge is 2.10. The van der Waals surface area contributed by atoms with Crippen molar-refractivity contribution in [1.29, 1.82) is 0 Å². The molecule has 2 rings (SSSR count). The van der Waals surface area contributed by atoms with Crippen molar-refractivity contribution in [3.63, 3.8) is 0 Å². The summed E-state index contributed by atoms with van der Waals surface area (Å²) in [6.45, 7) is 2.27. The molecule has 2 aromatic carbocycles. The van der Waals surface area contributed by atoms with Gasteiger partial charge in [-0.15, -0.1) is 0 Å². The van der Waals surface area contributed by atoms with E-state index in [0.29, 0.717) is 28.3 Å². The van der Waals surface area contributed by atoms with E-state index in [1.54, 1.807) is 48.5 Å². The highest BCUT2D eigenvalue weighted by molar-refractivity contribution is 6.30. The topological polar surface area (TPSA) is 43.4 Å². The molecule has 0 heterocycles. The van der Waals surface area contributed by atoms with Crippen molar-refractivity contribution in [2.75, 3.05) is 0 Å². The second kappa shape index (κ2) is 18.2. The van der Waals surface area contributed by atoms with Gasteiger partial charge in [0.15, 0.2) is 5.78 Å². The summed E-state index contributed by atoms with van der Waals surface area (Å²) in [5.41, 5.74) is 1.13. The van der Waals surface area contributed by atoms with Crippen LogP contribution in [-0.4, -0.2) is 11.8 Å². The summed E-state index contributed by atoms with van der Waals surface area (Å²) in [7, 11) is 0. The number of unbranched alkanes of at least 4 members (excludes halogenated alkanes) is 14. The predicted molar refractivity (Wildman–Crippen MR) is 147 cm³/mol. The number of halogens is 1. The molecule has 192 valence electrons. The maximum Gasteiger partial charge on any atom is 0.311 e. The van der Waals surface area contributed by atoms with E-state index in [1.165, 1.54) is 83.5 Å². The smallest absolute Gasteiger partial charge is 0.311 e. The summed E-state index contributed by atoms with van der Waals surface area (Å²) in [5, 5.41) is 0.595. The molecule has 3 nitrogen and oxygen atoms in total. The molecule has 0 aliphatic heterocycles. The zero-order valence-electron chi connectivity index (χ0n) is 21.5. The summed E-state index contributed by atoms with van der Waals surface area (Å²) in [4.78, 5) is 24.6. The fraction of sp³-hybridized carbons (Fsp3) is 0.548. The van der Waals surface area contributed by atoms with E-state index < -0.39 is 0 Å². The Morgan fingerprint density at radius 2 is 1.00 bits per heavy atom. The van der Waals surface area contributed by atoms with Crippen LogP contribution >= 0.6 is 11.6 Å². The number of hydrogen-bond acceptors (Lipinski definition) is 3. The molecule has 0 radical (unpaired) electrons. The summed E-state index contributed by atoms with van der Waals surface area (Å²) in [6, 6.07) is 13.5. The average Bonchev–Trinajstić information content (AvgIpc) is 2.87. The molecule has 0 saturated carbocycles. The van der Waals surface area contributed by atoms with Crippen LogP contribution in [0.25, 0.3) is 0 Å². The predicted octanol–water partition coefficient (Wildman–Crippen LogP) is 9.74. The van der Waals surface area contributed by atoms with Crippen LogP contribution in [0.15, 0.2) is 48.5 Å². The Labute approximate surface area is 217 Å². The first-order valence-electron chi connectivity index (χ1n) is 13.7. The van der Waals surface area contributed by atoms with Crippen LogP contribution < -0.4 is 4.74 Å². The van der Waals surface area contributed by atoms with Crippen LogP contribution in [0.3, 0.4) is 0 Å². The minimum Gasteiger partial charge on any atom is -0.427 e. The zero-order valence-corrected chi connectivity index (χ0v) is 22.3. The van der Waals surface area contributed by atoms with Gasteiger partial charge in [-0.1, -0.05) is 108 Å². The van der Waals surface area contributed by atoms with Crippen LogP contribution in [0.5, 0.6) is 5.75 Å². The van der Waals surface area contributed by atoms with E-state index in [0.717, 1.165) is 12.8 Å². The maximum absolute atomic E-state index is 12.5. The van der Waals surface area contributed by atoms with Crippen molar-refractivity contribution in [1.82, 2.24) is 0 Å². The van der Waals surface area contributed by atoms with Gasteiger partial charge >= 0.3 is 5.97 Å². The number of rotatable bonds is 19. The molecule has 0 N–H and O–H groups in total. The van der Waals surface area contributed by atoms with E-state index in [9.17, 15) is 9.59 Å². The fourth-order valence-corrected chi connectivity index (χ4v) is 4.39. The van der Waals surface area contributed by atoms with E-state index in [2.05, 4.69) is 6.92 Å². The van der Waals surface area contributed by atoms with Gasteiger partial charge < -0.3 is 4.74 Å². The molecule has 0 aliphatic rings. The Balaban J connectivity index is 1.47. The van der Waals surface area contributed by atoms with Crippen molar-refractivity contribution >= 4 is 23.4 Å². The molecule has 0 unspecified atom stereocenters. The summed E-state index contributed by atoms with van der Waals surface area (Å²) in [5.74, 6) is 0.178. The number of ether oxygens (including phenoxy) is 1. The monoisotopic (exact) mass is 498 g/mol. The Hall–Kier alpha value is -2.13. The molecule has 0 spiro atoms. The molecular weight excluding hydrogens is 456 g/mol. The van der Waals surface area contributed by atoms with Gasteiger partial charge in [-0.2, -0.15) is 0 Å². The SMILES string of the molecule is CCCCCCCCCCCCCCCCCC(=O)Oc1ccc(C(=O)c2ccc(Cl)cc2)cc1. The maximum atomic E-state index is 12.5. The fourth-order valence-electron chi connectivity index (χ4n) is 4.27. The number of benzene rings is 2.